The van der Waals surface area contributed by atoms with Crippen molar-refractivity contribution < 1.29 is 28.7 Å². The SMILES string of the molecule is COC(=O)CNC(=O)C1C(=O)c2cc(Cl)ccc2C2(CCN(C(=O)c3ccccc3)CC2)C1=O. The fourth-order valence-corrected chi connectivity index (χ4v) is 4.94. The van der Waals surface area contributed by atoms with Crippen molar-refractivity contribution in [3.8, 4) is 0 Å². The molecule has 2 amide bonds. The van der Waals surface area contributed by atoms with Gasteiger partial charge in [0.25, 0.3) is 5.91 Å². The van der Waals surface area contributed by atoms with Crippen LogP contribution in [0, 0.1) is 5.92 Å². The molecule has 8 nitrogen and oxygen atoms in total. The molecule has 1 heterocycles. The van der Waals surface area contributed by atoms with E-state index in [-0.39, 0.29) is 37.4 Å². The van der Waals surface area contributed by atoms with E-state index in [0.29, 0.717) is 16.1 Å². The monoisotopic (exact) mass is 482 g/mol. The highest BCUT2D eigenvalue weighted by atomic mass is 35.5. The van der Waals surface area contributed by atoms with Crippen LogP contribution in [-0.4, -0.2) is 61.0 Å². The van der Waals surface area contributed by atoms with Crippen LogP contribution in [0.5, 0.6) is 0 Å². The molecule has 1 unspecified atom stereocenters. The third-order valence-electron chi connectivity index (χ3n) is 6.58. The van der Waals surface area contributed by atoms with E-state index in [0.717, 1.165) is 0 Å². The van der Waals surface area contributed by atoms with Crippen LogP contribution in [-0.2, 0) is 24.5 Å². The van der Waals surface area contributed by atoms with Crippen molar-refractivity contribution in [3.63, 3.8) is 0 Å². The minimum absolute atomic E-state index is 0.140. The molecule has 2 aliphatic rings. The zero-order chi connectivity index (χ0) is 24.5. The van der Waals surface area contributed by atoms with E-state index in [2.05, 4.69) is 10.1 Å². The van der Waals surface area contributed by atoms with Crippen LogP contribution in [0.25, 0.3) is 0 Å². The normalized spacial score (nSPS) is 18.9. The molecule has 1 saturated heterocycles. The number of ketones is 2. The van der Waals surface area contributed by atoms with E-state index in [1.807, 2.05) is 6.07 Å². The fourth-order valence-electron chi connectivity index (χ4n) is 4.76. The summed E-state index contributed by atoms with van der Waals surface area (Å²) in [5.74, 6) is -4.48. The highest BCUT2D eigenvalue weighted by molar-refractivity contribution is 6.33. The number of likely N-dealkylation sites (tertiary alicyclic amines) is 1. The number of piperidine rings is 1. The minimum atomic E-state index is -1.60. The Kier molecular flexibility index (Phi) is 6.52. The molecule has 1 spiro atoms. The first-order chi connectivity index (χ1) is 16.3. The first kappa shape index (κ1) is 23.6. The number of hydrogen-bond acceptors (Lipinski definition) is 6. The molecular formula is C25H23ClN2O6. The number of amides is 2. The van der Waals surface area contributed by atoms with E-state index in [1.54, 1.807) is 41.3 Å². The molecule has 0 bridgehead atoms. The fraction of sp³-hybridized carbons (Fsp3) is 0.320. The maximum Gasteiger partial charge on any atom is 0.325 e. The highest BCUT2D eigenvalue weighted by Gasteiger charge is 2.55. The zero-order valence-electron chi connectivity index (χ0n) is 18.5. The van der Waals surface area contributed by atoms with Crippen LogP contribution >= 0.6 is 11.6 Å². The first-order valence-electron chi connectivity index (χ1n) is 10.9. The number of rotatable bonds is 4. The van der Waals surface area contributed by atoms with Crippen molar-refractivity contribution in [1.29, 1.82) is 0 Å². The quantitative estimate of drug-likeness (QED) is 0.528. The van der Waals surface area contributed by atoms with Crippen molar-refractivity contribution in [3.05, 3.63) is 70.2 Å². The van der Waals surface area contributed by atoms with Crippen molar-refractivity contribution in [2.45, 2.75) is 18.3 Å². The van der Waals surface area contributed by atoms with Gasteiger partial charge in [0.1, 0.15) is 6.54 Å². The molecule has 1 fully saturated rings. The predicted molar refractivity (Wildman–Crippen MR) is 123 cm³/mol. The Morgan fingerprint density at radius 3 is 2.41 bits per heavy atom. The lowest BCUT2D eigenvalue weighted by molar-refractivity contribution is -0.143. The Balaban J connectivity index is 1.65. The predicted octanol–water partition coefficient (Wildman–Crippen LogP) is 2.18. The van der Waals surface area contributed by atoms with E-state index in [1.165, 1.54) is 13.2 Å². The number of methoxy groups -OCH3 is 1. The lowest BCUT2D eigenvalue weighted by Crippen LogP contribution is -2.57. The molecule has 2 aromatic carbocycles. The van der Waals surface area contributed by atoms with Gasteiger partial charge in [0.15, 0.2) is 17.5 Å². The van der Waals surface area contributed by atoms with Gasteiger partial charge in [0.05, 0.1) is 12.5 Å². The third kappa shape index (κ3) is 4.09. The summed E-state index contributed by atoms with van der Waals surface area (Å²) in [6, 6.07) is 13.6. The molecule has 0 saturated carbocycles. The number of ether oxygens (including phenoxy) is 1. The van der Waals surface area contributed by atoms with Crippen LogP contribution in [0.3, 0.4) is 0 Å². The molecule has 1 N–H and O–H groups in total. The molecule has 176 valence electrons. The molecule has 1 aliphatic carbocycles. The zero-order valence-corrected chi connectivity index (χ0v) is 19.3. The van der Waals surface area contributed by atoms with Gasteiger partial charge in [-0.2, -0.15) is 0 Å². The van der Waals surface area contributed by atoms with Gasteiger partial charge in [-0.1, -0.05) is 35.9 Å². The Bertz CT molecular complexity index is 1170. The smallest absolute Gasteiger partial charge is 0.325 e. The summed E-state index contributed by atoms with van der Waals surface area (Å²) in [6.45, 7) is 0.111. The molecule has 34 heavy (non-hydrogen) atoms. The number of nitrogens with zero attached hydrogens (tertiary/aromatic N) is 1. The van der Waals surface area contributed by atoms with Gasteiger partial charge in [0.2, 0.25) is 5.91 Å². The van der Waals surface area contributed by atoms with Crippen LogP contribution in [0.2, 0.25) is 5.02 Å². The number of hydrogen-bond donors (Lipinski definition) is 1. The second-order valence-corrected chi connectivity index (χ2v) is 8.82. The summed E-state index contributed by atoms with van der Waals surface area (Å²) in [5.41, 5.74) is 0.175. The van der Waals surface area contributed by atoms with Crippen molar-refractivity contribution >= 4 is 41.0 Å². The summed E-state index contributed by atoms with van der Waals surface area (Å²) >= 11 is 6.14. The second kappa shape index (κ2) is 9.38. The Hall–Kier alpha value is -3.52. The molecule has 2 aromatic rings. The lowest BCUT2D eigenvalue weighted by atomic mass is 9.60. The van der Waals surface area contributed by atoms with E-state index in [9.17, 15) is 24.0 Å². The number of benzene rings is 2. The Morgan fingerprint density at radius 2 is 1.76 bits per heavy atom. The summed E-state index contributed by atoms with van der Waals surface area (Å²) in [6.07, 6.45) is 0.514. The van der Waals surface area contributed by atoms with E-state index < -0.39 is 41.3 Å². The maximum atomic E-state index is 13.7. The van der Waals surface area contributed by atoms with Crippen molar-refractivity contribution in [2.75, 3.05) is 26.7 Å². The minimum Gasteiger partial charge on any atom is -0.468 e. The van der Waals surface area contributed by atoms with E-state index in [4.69, 9.17) is 11.6 Å². The third-order valence-corrected chi connectivity index (χ3v) is 6.82. The Labute approximate surface area is 201 Å². The second-order valence-electron chi connectivity index (χ2n) is 8.39. The molecule has 1 aliphatic heterocycles. The van der Waals surface area contributed by atoms with Crippen LogP contribution in [0.1, 0.15) is 39.1 Å². The van der Waals surface area contributed by atoms with Crippen molar-refractivity contribution in [2.24, 2.45) is 5.92 Å². The van der Waals surface area contributed by atoms with Gasteiger partial charge >= 0.3 is 5.97 Å². The molecular weight excluding hydrogens is 460 g/mol. The van der Waals surface area contributed by atoms with Crippen molar-refractivity contribution in [1.82, 2.24) is 10.2 Å². The van der Waals surface area contributed by atoms with Crippen LogP contribution in [0.15, 0.2) is 48.5 Å². The first-order valence-corrected chi connectivity index (χ1v) is 11.2. The average Bonchev–Trinajstić information content (AvgIpc) is 2.86. The average molecular weight is 483 g/mol. The largest absolute Gasteiger partial charge is 0.468 e. The lowest BCUT2D eigenvalue weighted by Gasteiger charge is -2.45. The van der Waals surface area contributed by atoms with Crippen LogP contribution < -0.4 is 5.32 Å². The van der Waals surface area contributed by atoms with Gasteiger partial charge in [-0.05, 0) is 42.7 Å². The Morgan fingerprint density at radius 1 is 1.09 bits per heavy atom. The topological polar surface area (TPSA) is 110 Å². The highest BCUT2D eigenvalue weighted by Crippen LogP contribution is 2.45. The van der Waals surface area contributed by atoms with Gasteiger partial charge in [-0.15, -0.1) is 0 Å². The number of carbonyl (C=O) groups is 5. The van der Waals surface area contributed by atoms with Gasteiger partial charge in [-0.25, -0.2) is 0 Å². The van der Waals surface area contributed by atoms with E-state index >= 15 is 0 Å². The number of Topliss-reactive ketones (excluding diaryl/α,β-unsaturated/α-hetero) is 2. The summed E-state index contributed by atoms with van der Waals surface area (Å²) in [7, 11) is 1.17. The van der Waals surface area contributed by atoms with Gasteiger partial charge in [0, 0.05) is 29.2 Å². The number of nitrogens with one attached hydrogen (secondary N) is 1. The van der Waals surface area contributed by atoms with Crippen LogP contribution in [0.4, 0.5) is 0 Å². The standard InChI is InChI=1S/C25H23ClN2O6/c1-34-19(29)14-27-23(32)20-21(30)17-13-16(26)7-8-18(17)25(22(20)31)9-11-28(12-10-25)24(33)15-5-3-2-4-6-15/h2-8,13,20H,9-12,14H2,1H3,(H,27,32). The molecule has 0 aromatic heterocycles. The molecule has 0 radical (unpaired) electrons. The molecule has 1 atom stereocenters. The van der Waals surface area contributed by atoms with Gasteiger partial charge < -0.3 is 15.0 Å². The van der Waals surface area contributed by atoms with Gasteiger partial charge in [-0.3, -0.25) is 24.0 Å². The molecule has 4 rings (SSSR count). The number of carbonyl (C=O) groups excluding carboxylic acids is 5. The summed E-state index contributed by atoms with van der Waals surface area (Å²) < 4.78 is 4.52. The summed E-state index contributed by atoms with van der Waals surface area (Å²) in [5, 5.41) is 2.63. The number of fused-ring (bicyclic) bond motifs is 2. The number of halogens is 1. The maximum absolute atomic E-state index is 13.7. The molecule has 9 heteroatoms. The summed E-state index contributed by atoms with van der Waals surface area (Å²) in [4.78, 5) is 65.8. The number of esters is 1.